The molecule has 0 bridgehead atoms. The standard InChI is InChI=1S/C18H30N2O/c1-3-16-8-9-18(21-4-2)17(15-16)7-5-12-20-13-6-10-19-11-14-20/h8-9,15,19H,3-7,10-14H2,1-2H3. The van der Waals surface area contributed by atoms with Gasteiger partial charge in [0.05, 0.1) is 6.61 Å². The van der Waals surface area contributed by atoms with Gasteiger partial charge in [0.25, 0.3) is 0 Å². The molecule has 3 nitrogen and oxygen atoms in total. The first-order chi connectivity index (χ1) is 10.3. The smallest absolute Gasteiger partial charge is 0.122 e. The van der Waals surface area contributed by atoms with E-state index in [4.69, 9.17) is 4.74 Å². The Bertz CT molecular complexity index is 412. The van der Waals surface area contributed by atoms with E-state index in [9.17, 15) is 0 Å². The fourth-order valence-corrected chi connectivity index (χ4v) is 2.96. The predicted octanol–water partition coefficient (Wildman–Crippen LogP) is 2.88. The van der Waals surface area contributed by atoms with Crippen LogP contribution in [0, 0.1) is 0 Å². The summed E-state index contributed by atoms with van der Waals surface area (Å²) in [5.41, 5.74) is 2.79. The van der Waals surface area contributed by atoms with E-state index in [1.165, 1.54) is 50.1 Å². The number of nitrogens with zero attached hydrogens (tertiary/aromatic N) is 1. The summed E-state index contributed by atoms with van der Waals surface area (Å²) in [4.78, 5) is 2.59. The molecule has 3 heteroatoms. The van der Waals surface area contributed by atoms with Gasteiger partial charge in [0.1, 0.15) is 5.75 Å². The van der Waals surface area contributed by atoms with Gasteiger partial charge in [0, 0.05) is 13.1 Å². The molecule has 1 aromatic carbocycles. The van der Waals surface area contributed by atoms with Crippen molar-refractivity contribution in [3.8, 4) is 5.75 Å². The van der Waals surface area contributed by atoms with Crippen LogP contribution >= 0.6 is 0 Å². The van der Waals surface area contributed by atoms with Crippen LogP contribution in [-0.2, 0) is 12.8 Å². The SMILES string of the molecule is CCOc1ccc(CC)cc1CCCN1CCCNCC1. The average Bonchev–Trinajstić information content (AvgIpc) is 2.78. The fourth-order valence-electron chi connectivity index (χ4n) is 2.96. The van der Waals surface area contributed by atoms with Crippen molar-refractivity contribution in [1.29, 1.82) is 0 Å². The molecule has 0 aliphatic carbocycles. The van der Waals surface area contributed by atoms with E-state index in [0.717, 1.165) is 31.7 Å². The Morgan fingerprint density at radius 2 is 2.10 bits per heavy atom. The minimum absolute atomic E-state index is 0.746. The van der Waals surface area contributed by atoms with Crippen LogP contribution in [-0.4, -0.2) is 44.2 Å². The molecule has 0 saturated carbocycles. The first-order valence-corrected chi connectivity index (χ1v) is 8.51. The number of benzene rings is 1. The number of nitrogens with one attached hydrogen (secondary N) is 1. The largest absolute Gasteiger partial charge is 0.494 e. The second kappa shape index (κ2) is 9.06. The van der Waals surface area contributed by atoms with E-state index in [-0.39, 0.29) is 0 Å². The second-order valence-electron chi connectivity index (χ2n) is 5.78. The molecule has 0 aromatic heterocycles. The third-order valence-corrected chi connectivity index (χ3v) is 4.19. The summed E-state index contributed by atoms with van der Waals surface area (Å²) >= 11 is 0. The molecule has 0 spiro atoms. The molecule has 1 aliphatic rings. The summed E-state index contributed by atoms with van der Waals surface area (Å²) < 4.78 is 5.78. The fraction of sp³-hybridized carbons (Fsp3) is 0.667. The highest BCUT2D eigenvalue weighted by atomic mass is 16.5. The number of rotatable bonds is 7. The van der Waals surface area contributed by atoms with E-state index < -0.39 is 0 Å². The van der Waals surface area contributed by atoms with Crippen LogP contribution in [0.25, 0.3) is 0 Å². The van der Waals surface area contributed by atoms with Crippen LogP contribution < -0.4 is 10.1 Å². The maximum absolute atomic E-state index is 5.78. The minimum Gasteiger partial charge on any atom is -0.494 e. The van der Waals surface area contributed by atoms with Gasteiger partial charge in [-0.15, -0.1) is 0 Å². The minimum atomic E-state index is 0.746. The highest BCUT2D eigenvalue weighted by Crippen LogP contribution is 2.22. The second-order valence-corrected chi connectivity index (χ2v) is 5.78. The zero-order valence-corrected chi connectivity index (χ0v) is 13.7. The molecule has 2 rings (SSSR count). The first kappa shape index (κ1) is 16.3. The summed E-state index contributed by atoms with van der Waals surface area (Å²) in [6.07, 6.45) is 4.70. The summed E-state index contributed by atoms with van der Waals surface area (Å²) in [6, 6.07) is 6.66. The summed E-state index contributed by atoms with van der Waals surface area (Å²) in [6.45, 7) is 10.9. The third kappa shape index (κ3) is 5.33. The van der Waals surface area contributed by atoms with Crippen molar-refractivity contribution in [1.82, 2.24) is 10.2 Å². The summed E-state index contributed by atoms with van der Waals surface area (Å²) in [5.74, 6) is 1.08. The van der Waals surface area contributed by atoms with Gasteiger partial charge in [-0.25, -0.2) is 0 Å². The molecule has 0 unspecified atom stereocenters. The molecule has 1 aliphatic heterocycles. The lowest BCUT2D eigenvalue weighted by atomic mass is 10.0. The molecular formula is C18H30N2O. The Morgan fingerprint density at radius 3 is 2.90 bits per heavy atom. The van der Waals surface area contributed by atoms with Crippen molar-refractivity contribution in [2.45, 2.75) is 39.5 Å². The van der Waals surface area contributed by atoms with E-state index in [2.05, 4.69) is 42.3 Å². The van der Waals surface area contributed by atoms with Gasteiger partial charge < -0.3 is 15.0 Å². The predicted molar refractivity (Wildman–Crippen MR) is 89.2 cm³/mol. The highest BCUT2D eigenvalue weighted by molar-refractivity contribution is 5.37. The molecule has 1 aromatic rings. The van der Waals surface area contributed by atoms with Crippen molar-refractivity contribution >= 4 is 0 Å². The Hall–Kier alpha value is -1.06. The van der Waals surface area contributed by atoms with Crippen LogP contribution in [0.3, 0.4) is 0 Å². The Kier molecular flexibility index (Phi) is 7.04. The van der Waals surface area contributed by atoms with Crippen LogP contribution in [0.15, 0.2) is 18.2 Å². The van der Waals surface area contributed by atoms with E-state index in [1.807, 2.05) is 0 Å². The lowest BCUT2D eigenvalue weighted by molar-refractivity contribution is 0.287. The quantitative estimate of drug-likeness (QED) is 0.835. The van der Waals surface area contributed by atoms with Crippen LogP contribution in [0.5, 0.6) is 5.75 Å². The van der Waals surface area contributed by atoms with Gasteiger partial charge in [-0.1, -0.05) is 19.1 Å². The van der Waals surface area contributed by atoms with E-state index in [0.29, 0.717) is 0 Å². The average molecular weight is 290 g/mol. The van der Waals surface area contributed by atoms with Crippen molar-refractivity contribution in [2.75, 3.05) is 39.3 Å². The van der Waals surface area contributed by atoms with Gasteiger partial charge >= 0.3 is 0 Å². The van der Waals surface area contributed by atoms with Crippen molar-refractivity contribution in [3.63, 3.8) is 0 Å². The lowest BCUT2D eigenvalue weighted by Gasteiger charge is -2.19. The number of hydrogen-bond acceptors (Lipinski definition) is 3. The summed E-state index contributed by atoms with van der Waals surface area (Å²) in [7, 11) is 0. The normalized spacial score (nSPS) is 16.7. The van der Waals surface area contributed by atoms with Gasteiger partial charge in [-0.3, -0.25) is 0 Å². The molecule has 1 heterocycles. The van der Waals surface area contributed by atoms with Crippen LogP contribution in [0.2, 0.25) is 0 Å². The molecule has 118 valence electrons. The molecule has 1 N–H and O–H groups in total. The number of hydrogen-bond donors (Lipinski definition) is 1. The van der Waals surface area contributed by atoms with Crippen molar-refractivity contribution < 1.29 is 4.74 Å². The molecular weight excluding hydrogens is 260 g/mol. The molecule has 0 amide bonds. The Balaban J connectivity index is 1.88. The Labute approximate surface area is 129 Å². The third-order valence-electron chi connectivity index (χ3n) is 4.19. The number of ether oxygens (including phenoxy) is 1. The Morgan fingerprint density at radius 1 is 1.19 bits per heavy atom. The molecule has 1 saturated heterocycles. The lowest BCUT2D eigenvalue weighted by Crippen LogP contribution is -2.29. The van der Waals surface area contributed by atoms with E-state index >= 15 is 0 Å². The van der Waals surface area contributed by atoms with Crippen LogP contribution in [0.1, 0.15) is 37.8 Å². The monoisotopic (exact) mass is 290 g/mol. The zero-order chi connectivity index (χ0) is 14.9. The molecule has 0 atom stereocenters. The molecule has 1 fully saturated rings. The van der Waals surface area contributed by atoms with Crippen LogP contribution in [0.4, 0.5) is 0 Å². The first-order valence-electron chi connectivity index (χ1n) is 8.51. The van der Waals surface area contributed by atoms with E-state index in [1.54, 1.807) is 0 Å². The molecule has 21 heavy (non-hydrogen) atoms. The topological polar surface area (TPSA) is 24.5 Å². The zero-order valence-electron chi connectivity index (χ0n) is 13.7. The molecule has 0 radical (unpaired) electrons. The maximum atomic E-state index is 5.78. The van der Waals surface area contributed by atoms with Gasteiger partial charge in [-0.05, 0) is 69.4 Å². The number of aryl methyl sites for hydroxylation is 2. The highest BCUT2D eigenvalue weighted by Gasteiger charge is 2.09. The van der Waals surface area contributed by atoms with Gasteiger partial charge in [-0.2, -0.15) is 0 Å². The van der Waals surface area contributed by atoms with Crippen molar-refractivity contribution in [2.24, 2.45) is 0 Å². The van der Waals surface area contributed by atoms with Gasteiger partial charge in [0.2, 0.25) is 0 Å². The van der Waals surface area contributed by atoms with Gasteiger partial charge in [0.15, 0.2) is 0 Å². The van der Waals surface area contributed by atoms with Crippen molar-refractivity contribution in [3.05, 3.63) is 29.3 Å². The maximum Gasteiger partial charge on any atom is 0.122 e. The summed E-state index contributed by atoms with van der Waals surface area (Å²) in [5, 5.41) is 3.46.